The van der Waals surface area contributed by atoms with Crippen molar-refractivity contribution in [3.8, 4) is 0 Å². The van der Waals surface area contributed by atoms with Crippen molar-refractivity contribution in [1.82, 2.24) is 9.97 Å². The van der Waals surface area contributed by atoms with Crippen molar-refractivity contribution in [2.45, 2.75) is 63.9 Å². The lowest BCUT2D eigenvalue weighted by Crippen LogP contribution is -2.30. The molecule has 20 heavy (non-hydrogen) atoms. The summed E-state index contributed by atoms with van der Waals surface area (Å²) < 4.78 is 6.59. The summed E-state index contributed by atoms with van der Waals surface area (Å²) in [5.41, 5.74) is 0.623. The van der Waals surface area contributed by atoms with Gasteiger partial charge in [-0.05, 0) is 41.6 Å². The maximum atomic E-state index is 6.32. The standard InChI is InChI=1S/C15H22BrClN2O/c1-4-15(5-2,20-3)14-18-12(10-8-6-7-9-10)11(16)13(17)19-14/h10H,4-9H2,1-3H3. The molecule has 0 amide bonds. The topological polar surface area (TPSA) is 35.0 Å². The number of rotatable bonds is 5. The first-order valence-corrected chi connectivity index (χ1v) is 8.53. The van der Waals surface area contributed by atoms with Gasteiger partial charge in [-0.2, -0.15) is 0 Å². The summed E-state index contributed by atoms with van der Waals surface area (Å²) in [5.74, 6) is 1.21. The summed E-state index contributed by atoms with van der Waals surface area (Å²) >= 11 is 9.88. The van der Waals surface area contributed by atoms with Crippen molar-refractivity contribution in [3.63, 3.8) is 0 Å². The van der Waals surface area contributed by atoms with Crippen molar-refractivity contribution < 1.29 is 4.74 Å². The molecule has 2 rings (SSSR count). The molecule has 0 aromatic carbocycles. The van der Waals surface area contributed by atoms with Crippen molar-refractivity contribution in [2.75, 3.05) is 7.11 Å². The van der Waals surface area contributed by atoms with E-state index in [-0.39, 0.29) is 0 Å². The zero-order chi connectivity index (χ0) is 14.8. The molecule has 1 aromatic heterocycles. The van der Waals surface area contributed by atoms with Gasteiger partial charge >= 0.3 is 0 Å². The van der Waals surface area contributed by atoms with Gasteiger partial charge in [0.15, 0.2) is 5.82 Å². The van der Waals surface area contributed by atoms with Gasteiger partial charge in [-0.3, -0.25) is 0 Å². The highest BCUT2D eigenvalue weighted by Gasteiger charge is 2.34. The van der Waals surface area contributed by atoms with Crippen LogP contribution in [0, 0.1) is 0 Å². The van der Waals surface area contributed by atoms with Crippen LogP contribution in [0.3, 0.4) is 0 Å². The second kappa shape index (κ2) is 6.71. The summed E-state index contributed by atoms with van der Waals surface area (Å²) in [5, 5.41) is 0.500. The van der Waals surface area contributed by atoms with Crippen molar-refractivity contribution >= 4 is 27.5 Å². The van der Waals surface area contributed by atoms with Crippen LogP contribution >= 0.6 is 27.5 Å². The fraction of sp³-hybridized carbons (Fsp3) is 0.733. The first kappa shape index (κ1) is 16.2. The van der Waals surface area contributed by atoms with Crippen LogP contribution in [0.1, 0.15) is 69.8 Å². The van der Waals surface area contributed by atoms with Crippen LogP contribution in [-0.4, -0.2) is 17.1 Å². The lowest BCUT2D eigenvalue weighted by atomic mass is 9.95. The van der Waals surface area contributed by atoms with E-state index >= 15 is 0 Å². The molecule has 0 unspecified atom stereocenters. The third-order valence-electron chi connectivity index (χ3n) is 4.52. The zero-order valence-electron chi connectivity index (χ0n) is 12.4. The SMILES string of the molecule is CCC(CC)(OC)c1nc(Cl)c(Br)c(C2CCCC2)n1. The van der Waals surface area contributed by atoms with Gasteiger partial charge in [0.25, 0.3) is 0 Å². The maximum Gasteiger partial charge on any atom is 0.162 e. The monoisotopic (exact) mass is 360 g/mol. The van der Waals surface area contributed by atoms with Gasteiger partial charge in [0.05, 0.1) is 10.2 Å². The summed E-state index contributed by atoms with van der Waals surface area (Å²) in [6.45, 7) is 4.20. The Morgan fingerprint density at radius 3 is 2.35 bits per heavy atom. The highest BCUT2D eigenvalue weighted by molar-refractivity contribution is 9.10. The van der Waals surface area contributed by atoms with Gasteiger partial charge in [-0.25, -0.2) is 9.97 Å². The molecule has 0 saturated heterocycles. The minimum absolute atomic E-state index is 0.433. The van der Waals surface area contributed by atoms with Crippen LogP contribution in [0.5, 0.6) is 0 Å². The number of halogens is 2. The first-order valence-electron chi connectivity index (χ1n) is 7.36. The molecule has 1 aromatic rings. The normalized spacial score (nSPS) is 16.9. The predicted octanol–water partition coefficient (Wildman–Crippen LogP) is 5.21. The number of aromatic nitrogens is 2. The molecular weight excluding hydrogens is 340 g/mol. The van der Waals surface area contributed by atoms with Gasteiger partial charge in [-0.1, -0.05) is 38.3 Å². The van der Waals surface area contributed by atoms with Crippen molar-refractivity contribution in [2.24, 2.45) is 0 Å². The Morgan fingerprint density at radius 2 is 1.85 bits per heavy atom. The van der Waals surface area contributed by atoms with E-state index in [2.05, 4.69) is 34.8 Å². The van der Waals surface area contributed by atoms with Crippen molar-refractivity contribution in [3.05, 3.63) is 21.1 Å². The van der Waals surface area contributed by atoms with Gasteiger partial charge in [0.2, 0.25) is 0 Å². The smallest absolute Gasteiger partial charge is 0.162 e. The highest BCUT2D eigenvalue weighted by Crippen LogP contribution is 2.40. The number of nitrogens with zero attached hydrogens (tertiary/aromatic N) is 2. The summed E-state index contributed by atoms with van der Waals surface area (Å²) in [6.07, 6.45) is 6.58. The molecule has 112 valence electrons. The van der Waals surface area contributed by atoms with Gasteiger partial charge in [0.1, 0.15) is 10.8 Å². The molecule has 0 aliphatic heterocycles. The molecule has 5 heteroatoms. The Morgan fingerprint density at radius 1 is 1.25 bits per heavy atom. The molecule has 1 heterocycles. The first-order chi connectivity index (χ1) is 9.57. The molecule has 1 saturated carbocycles. The predicted molar refractivity (Wildman–Crippen MR) is 85.2 cm³/mol. The molecule has 0 spiro atoms. The molecule has 1 fully saturated rings. The quantitative estimate of drug-likeness (QED) is 0.675. The van der Waals surface area contributed by atoms with E-state index in [9.17, 15) is 0 Å². The van der Waals surface area contributed by atoms with E-state index in [1.165, 1.54) is 25.7 Å². The summed E-state index contributed by atoms with van der Waals surface area (Å²) in [6, 6.07) is 0. The van der Waals surface area contributed by atoms with Crippen LogP contribution < -0.4 is 0 Å². The lowest BCUT2D eigenvalue weighted by molar-refractivity contribution is -0.0293. The van der Waals surface area contributed by atoms with E-state index in [1.807, 2.05) is 0 Å². The number of hydrogen-bond acceptors (Lipinski definition) is 3. The zero-order valence-corrected chi connectivity index (χ0v) is 14.7. The van der Waals surface area contributed by atoms with E-state index in [0.717, 1.165) is 28.8 Å². The van der Waals surface area contributed by atoms with E-state index < -0.39 is 5.60 Å². The fourth-order valence-corrected chi connectivity index (χ4v) is 3.73. The molecule has 3 nitrogen and oxygen atoms in total. The molecule has 1 aliphatic rings. The lowest BCUT2D eigenvalue weighted by Gasteiger charge is -2.29. The van der Waals surface area contributed by atoms with Crippen LogP contribution in [0.25, 0.3) is 0 Å². The summed E-state index contributed by atoms with van der Waals surface area (Å²) in [4.78, 5) is 9.30. The van der Waals surface area contributed by atoms with Gasteiger partial charge in [0, 0.05) is 13.0 Å². The fourth-order valence-electron chi connectivity index (χ4n) is 3.06. The average Bonchev–Trinajstić information content (AvgIpc) is 2.99. The number of ether oxygens (including phenoxy) is 1. The van der Waals surface area contributed by atoms with Crippen LogP contribution in [0.4, 0.5) is 0 Å². The molecule has 0 bridgehead atoms. The van der Waals surface area contributed by atoms with E-state index in [4.69, 9.17) is 21.3 Å². The molecule has 0 radical (unpaired) electrons. The highest BCUT2D eigenvalue weighted by atomic mass is 79.9. The largest absolute Gasteiger partial charge is 0.370 e. The Kier molecular flexibility index (Phi) is 5.43. The van der Waals surface area contributed by atoms with Gasteiger partial charge in [-0.15, -0.1) is 0 Å². The average molecular weight is 362 g/mol. The van der Waals surface area contributed by atoms with Gasteiger partial charge < -0.3 is 4.74 Å². The Hall–Kier alpha value is -0.190. The van der Waals surface area contributed by atoms with Crippen LogP contribution in [0.15, 0.2) is 4.47 Å². The summed E-state index contributed by atoms with van der Waals surface area (Å²) in [7, 11) is 1.72. The minimum atomic E-state index is -0.433. The number of methoxy groups -OCH3 is 1. The maximum absolute atomic E-state index is 6.32. The molecular formula is C15H22BrClN2O. The van der Waals surface area contributed by atoms with E-state index in [0.29, 0.717) is 11.1 Å². The second-order valence-electron chi connectivity index (χ2n) is 5.42. The third-order valence-corrected chi connectivity index (χ3v) is 5.80. The van der Waals surface area contributed by atoms with Crippen LogP contribution in [-0.2, 0) is 10.3 Å². The Balaban J connectivity index is 2.49. The molecule has 0 atom stereocenters. The van der Waals surface area contributed by atoms with Crippen molar-refractivity contribution in [1.29, 1.82) is 0 Å². The number of hydrogen-bond donors (Lipinski definition) is 0. The Bertz CT molecular complexity index is 463. The van der Waals surface area contributed by atoms with E-state index in [1.54, 1.807) is 7.11 Å². The second-order valence-corrected chi connectivity index (χ2v) is 6.58. The minimum Gasteiger partial charge on any atom is -0.370 e. The molecule has 0 N–H and O–H groups in total. The molecule has 1 aliphatic carbocycles. The van der Waals surface area contributed by atoms with Crippen LogP contribution in [0.2, 0.25) is 5.15 Å². The Labute approximate surface area is 134 Å². The third kappa shape index (κ3) is 2.88.